The van der Waals surface area contributed by atoms with E-state index in [1.165, 1.54) is 7.11 Å². The number of Topliss-reactive ketones (excluding diaryl/α,β-unsaturated/α-hetero) is 1. The molecule has 0 radical (unpaired) electrons. The molecular formula is C17H27NO5. The molecule has 0 aromatic carbocycles. The van der Waals surface area contributed by atoms with E-state index in [2.05, 4.69) is 0 Å². The molecule has 1 heterocycles. The fraction of sp³-hybridized carbons (Fsp3) is 0.824. The standard InChI is InChI=1S/C17H27NO5/c1-16(2,3)23-15(21)18-9-7-17(8-10-18)6-5-13(19)12(11-17)14(20)22-4/h12H,5-11H2,1-4H3. The third kappa shape index (κ3) is 4.24. The Morgan fingerprint density at radius 3 is 2.30 bits per heavy atom. The molecule has 2 aliphatic rings. The van der Waals surface area contributed by atoms with Crippen LogP contribution < -0.4 is 0 Å². The Kier molecular flexibility index (Phi) is 5.01. The smallest absolute Gasteiger partial charge is 0.410 e. The van der Waals surface area contributed by atoms with Gasteiger partial charge in [0.2, 0.25) is 0 Å². The zero-order chi connectivity index (χ0) is 17.3. The van der Waals surface area contributed by atoms with Crippen LogP contribution in [0.5, 0.6) is 0 Å². The number of ketones is 1. The second-order valence-electron chi connectivity index (χ2n) is 7.71. The number of hydrogen-bond acceptors (Lipinski definition) is 5. The van der Waals surface area contributed by atoms with Gasteiger partial charge in [-0.2, -0.15) is 0 Å². The maximum atomic E-state index is 12.1. The van der Waals surface area contributed by atoms with Crippen molar-refractivity contribution in [3.05, 3.63) is 0 Å². The highest BCUT2D eigenvalue weighted by Crippen LogP contribution is 2.46. The van der Waals surface area contributed by atoms with Crippen molar-refractivity contribution < 1.29 is 23.9 Å². The quantitative estimate of drug-likeness (QED) is 0.547. The van der Waals surface area contributed by atoms with Crippen molar-refractivity contribution in [2.24, 2.45) is 11.3 Å². The van der Waals surface area contributed by atoms with Gasteiger partial charge in [-0.25, -0.2) is 4.79 Å². The first-order valence-electron chi connectivity index (χ1n) is 8.24. The van der Waals surface area contributed by atoms with E-state index in [0.717, 1.165) is 19.3 Å². The van der Waals surface area contributed by atoms with Crippen LogP contribution in [0.3, 0.4) is 0 Å². The fourth-order valence-corrected chi connectivity index (χ4v) is 3.51. The van der Waals surface area contributed by atoms with Crippen molar-refractivity contribution in [1.29, 1.82) is 0 Å². The van der Waals surface area contributed by atoms with E-state index < -0.39 is 17.5 Å². The number of hydrogen-bond donors (Lipinski definition) is 0. The lowest BCUT2D eigenvalue weighted by Gasteiger charge is -2.45. The molecule has 0 aromatic heterocycles. The number of amides is 1. The van der Waals surface area contributed by atoms with Gasteiger partial charge in [0.05, 0.1) is 7.11 Å². The van der Waals surface area contributed by atoms with Crippen molar-refractivity contribution >= 4 is 17.8 Å². The first-order chi connectivity index (χ1) is 10.7. The molecule has 2 fully saturated rings. The van der Waals surface area contributed by atoms with E-state index in [1.807, 2.05) is 20.8 Å². The number of nitrogens with zero attached hydrogens (tertiary/aromatic N) is 1. The van der Waals surface area contributed by atoms with Crippen LogP contribution in [-0.4, -0.2) is 48.5 Å². The van der Waals surface area contributed by atoms with Gasteiger partial charge in [0.25, 0.3) is 0 Å². The van der Waals surface area contributed by atoms with Crippen molar-refractivity contribution in [2.45, 2.75) is 58.5 Å². The summed E-state index contributed by atoms with van der Waals surface area (Å²) in [6.45, 7) is 6.77. The minimum absolute atomic E-state index is 0.0166. The van der Waals surface area contributed by atoms with Gasteiger partial charge in [-0.1, -0.05) is 0 Å². The van der Waals surface area contributed by atoms with E-state index in [4.69, 9.17) is 9.47 Å². The average Bonchev–Trinajstić information content (AvgIpc) is 2.48. The highest BCUT2D eigenvalue weighted by Gasteiger charge is 2.45. The topological polar surface area (TPSA) is 72.9 Å². The zero-order valence-electron chi connectivity index (χ0n) is 14.5. The second kappa shape index (κ2) is 6.49. The summed E-state index contributed by atoms with van der Waals surface area (Å²) in [4.78, 5) is 37.6. The fourth-order valence-electron chi connectivity index (χ4n) is 3.51. The molecule has 130 valence electrons. The van der Waals surface area contributed by atoms with Crippen LogP contribution >= 0.6 is 0 Å². The van der Waals surface area contributed by atoms with E-state index >= 15 is 0 Å². The molecule has 1 amide bonds. The molecule has 1 unspecified atom stereocenters. The molecule has 6 heteroatoms. The number of piperidine rings is 1. The number of carbonyl (C=O) groups is 3. The van der Waals surface area contributed by atoms with Crippen LogP contribution in [-0.2, 0) is 19.1 Å². The summed E-state index contributed by atoms with van der Waals surface area (Å²) in [6.07, 6.45) is 3.07. The molecular weight excluding hydrogens is 298 g/mol. The highest BCUT2D eigenvalue weighted by molar-refractivity contribution is 5.99. The summed E-state index contributed by atoms with van der Waals surface area (Å²) >= 11 is 0. The van der Waals surface area contributed by atoms with Gasteiger partial charge in [-0.3, -0.25) is 9.59 Å². The monoisotopic (exact) mass is 325 g/mol. The summed E-state index contributed by atoms with van der Waals surface area (Å²) in [5.74, 6) is -1.08. The molecule has 1 aliphatic heterocycles. The molecule has 0 aromatic rings. The molecule has 23 heavy (non-hydrogen) atoms. The minimum atomic E-state index is -0.637. The molecule has 1 atom stereocenters. The van der Waals surface area contributed by atoms with E-state index in [-0.39, 0.29) is 17.3 Å². The Bertz CT molecular complexity index is 478. The summed E-state index contributed by atoms with van der Waals surface area (Å²) in [7, 11) is 1.32. The van der Waals surface area contributed by atoms with E-state index in [1.54, 1.807) is 4.90 Å². The summed E-state index contributed by atoms with van der Waals surface area (Å²) < 4.78 is 10.2. The zero-order valence-corrected chi connectivity index (χ0v) is 14.5. The first kappa shape index (κ1) is 17.8. The second-order valence-corrected chi connectivity index (χ2v) is 7.71. The predicted molar refractivity (Wildman–Crippen MR) is 83.8 cm³/mol. The normalized spacial score (nSPS) is 24.4. The molecule has 1 spiro atoms. The SMILES string of the molecule is COC(=O)C1CC2(CCC1=O)CCN(C(=O)OC(C)(C)C)CC2. The lowest BCUT2D eigenvalue weighted by molar-refractivity contribution is -0.153. The van der Waals surface area contributed by atoms with E-state index in [0.29, 0.717) is 25.9 Å². The lowest BCUT2D eigenvalue weighted by Crippen LogP contribution is -2.48. The van der Waals surface area contributed by atoms with E-state index in [9.17, 15) is 14.4 Å². The summed E-state index contributed by atoms with van der Waals surface area (Å²) in [5, 5.41) is 0. The molecule has 1 saturated carbocycles. The van der Waals surface area contributed by atoms with Gasteiger partial charge in [0.1, 0.15) is 17.3 Å². The summed E-state index contributed by atoms with van der Waals surface area (Å²) in [5.41, 5.74) is -0.537. The molecule has 6 nitrogen and oxygen atoms in total. The Labute approximate surface area is 137 Å². The Morgan fingerprint density at radius 2 is 1.78 bits per heavy atom. The third-order valence-electron chi connectivity index (χ3n) is 4.89. The highest BCUT2D eigenvalue weighted by atomic mass is 16.6. The third-order valence-corrected chi connectivity index (χ3v) is 4.89. The Morgan fingerprint density at radius 1 is 1.17 bits per heavy atom. The Balaban J connectivity index is 1.96. The van der Waals surface area contributed by atoms with Gasteiger partial charge < -0.3 is 14.4 Å². The molecule has 1 saturated heterocycles. The van der Waals surface area contributed by atoms with Gasteiger partial charge in [0, 0.05) is 19.5 Å². The van der Waals surface area contributed by atoms with Gasteiger partial charge in [-0.15, -0.1) is 0 Å². The molecule has 2 rings (SSSR count). The van der Waals surface area contributed by atoms with Gasteiger partial charge in [0.15, 0.2) is 0 Å². The molecule has 0 bridgehead atoms. The minimum Gasteiger partial charge on any atom is -0.468 e. The number of carbonyl (C=O) groups excluding carboxylic acids is 3. The Hall–Kier alpha value is -1.59. The van der Waals surface area contributed by atoms with Crippen LogP contribution in [0.25, 0.3) is 0 Å². The molecule has 1 aliphatic carbocycles. The van der Waals surface area contributed by atoms with Crippen LogP contribution in [0.15, 0.2) is 0 Å². The predicted octanol–water partition coefficient (Wildman–Crippen LogP) is 2.55. The van der Waals surface area contributed by atoms with Crippen molar-refractivity contribution in [3.63, 3.8) is 0 Å². The van der Waals surface area contributed by atoms with Crippen LogP contribution in [0.2, 0.25) is 0 Å². The average molecular weight is 325 g/mol. The van der Waals surface area contributed by atoms with Crippen molar-refractivity contribution in [1.82, 2.24) is 4.90 Å². The molecule has 0 N–H and O–H groups in total. The summed E-state index contributed by atoms with van der Waals surface area (Å²) in [6, 6.07) is 0. The van der Waals surface area contributed by atoms with Crippen LogP contribution in [0.4, 0.5) is 4.79 Å². The maximum Gasteiger partial charge on any atom is 0.410 e. The van der Waals surface area contributed by atoms with Crippen molar-refractivity contribution in [3.8, 4) is 0 Å². The van der Waals surface area contributed by atoms with Gasteiger partial charge >= 0.3 is 12.1 Å². The number of ether oxygens (including phenoxy) is 2. The largest absolute Gasteiger partial charge is 0.468 e. The number of esters is 1. The number of methoxy groups -OCH3 is 1. The van der Waals surface area contributed by atoms with Gasteiger partial charge in [-0.05, 0) is 51.9 Å². The first-order valence-corrected chi connectivity index (χ1v) is 8.24. The van der Waals surface area contributed by atoms with Crippen LogP contribution in [0.1, 0.15) is 52.9 Å². The van der Waals surface area contributed by atoms with Crippen molar-refractivity contribution in [2.75, 3.05) is 20.2 Å². The maximum absolute atomic E-state index is 12.1. The van der Waals surface area contributed by atoms with Crippen LogP contribution in [0, 0.1) is 11.3 Å². The number of likely N-dealkylation sites (tertiary alicyclic amines) is 1. The number of rotatable bonds is 1. The lowest BCUT2D eigenvalue weighted by atomic mass is 9.64.